The van der Waals surface area contributed by atoms with E-state index in [0.717, 1.165) is 5.56 Å². The Bertz CT molecular complexity index is 442. The number of hydrogen-bond donors (Lipinski definition) is 0. The van der Waals surface area contributed by atoms with Crippen LogP contribution in [0.15, 0.2) is 24.5 Å². The summed E-state index contributed by atoms with van der Waals surface area (Å²) in [7, 11) is 0. The van der Waals surface area contributed by atoms with Crippen LogP contribution in [0.5, 0.6) is 0 Å². The first kappa shape index (κ1) is 16.1. The predicted octanol–water partition coefficient (Wildman–Crippen LogP) is 2.00. The lowest BCUT2D eigenvalue weighted by atomic mass is 10.1. The Balaban J connectivity index is 2.60. The van der Waals surface area contributed by atoms with Gasteiger partial charge in [-0.1, -0.05) is 13.0 Å². The van der Waals surface area contributed by atoms with E-state index in [-0.39, 0.29) is 11.9 Å². The lowest BCUT2D eigenvalue weighted by Gasteiger charge is -2.23. The van der Waals surface area contributed by atoms with Gasteiger partial charge in [-0.25, -0.2) is 0 Å². The standard InChI is InChI=1S/C15H21N3O2/c1-3-20-15(19)13(2)11-18(9-5-7-16)12-14-6-4-8-17-10-14/h4,6,8,10,13H,3,5,9,11-12H2,1-2H3. The molecule has 5 nitrogen and oxygen atoms in total. The molecule has 1 rings (SSSR count). The van der Waals surface area contributed by atoms with Crippen LogP contribution in [0.2, 0.25) is 0 Å². The molecule has 1 aromatic rings. The second-order valence-electron chi connectivity index (χ2n) is 4.66. The van der Waals surface area contributed by atoms with E-state index in [2.05, 4.69) is 16.0 Å². The zero-order valence-corrected chi connectivity index (χ0v) is 12.1. The quantitative estimate of drug-likeness (QED) is 0.679. The van der Waals surface area contributed by atoms with Crippen LogP contribution in [0.3, 0.4) is 0 Å². The van der Waals surface area contributed by atoms with Crippen LogP contribution >= 0.6 is 0 Å². The molecule has 0 bridgehead atoms. The topological polar surface area (TPSA) is 66.2 Å². The number of nitriles is 1. The lowest BCUT2D eigenvalue weighted by Crippen LogP contribution is -2.33. The number of nitrogens with zero attached hydrogens (tertiary/aromatic N) is 3. The highest BCUT2D eigenvalue weighted by molar-refractivity contribution is 5.72. The highest BCUT2D eigenvalue weighted by Gasteiger charge is 2.18. The van der Waals surface area contributed by atoms with Gasteiger partial charge in [0.1, 0.15) is 0 Å². The fourth-order valence-electron chi connectivity index (χ4n) is 1.94. The molecule has 0 spiro atoms. The van der Waals surface area contributed by atoms with E-state index >= 15 is 0 Å². The van der Waals surface area contributed by atoms with Crippen molar-refractivity contribution < 1.29 is 9.53 Å². The van der Waals surface area contributed by atoms with E-state index < -0.39 is 0 Å². The maximum absolute atomic E-state index is 11.7. The second kappa shape index (κ2) is 9.05. The summed E-state index contributed by atoms with van der Waals surface area (Å²) in [4.78, 5) is 17.8. The molecular weight excluding hydrogens is 254 g/mol. The number of hydrogen-bond acceptors (Lipinski definition) is 5. The van der Waals surface area contributed by atoms with Crippen LogP contribution in [0.1, 0.15) is 25.8 Å². The molecule has 0 saturated heterocycles. The normalized spacial score (nSPS) is 11.9. The second-order valence-corrected chi connectivity index (χ2v) is 4.66. The third-order valence-electron chi connectivity index (χ3n) is 2.89. The Labute approximate surface area is 120 Å². The number of aromatic nitrogens is 1. The number of ether oxygens (including phenoxy) is 1. The Morgan fingerprint density at radius 3 is 3.00 bits per heavy atom. The summed E-state index contributed by atoms with van der Waals surface area (Å²) in [5.41, 5.74) is 1.07. The average molecular weight is 275 g/mol. The first-order valence-corrected chi connectivity index (χ1v) is 6.82. The molecule has 20 heavy (non-hydrogen) atoms. The van der Waals surface area contributed by atoms with Gasteiger partial charge in [0.2, 0.25) is 0 Å². The van der Waals surface area contributed by atoms with E-state index in [0.29, 0.717) is 32.7 Å². The summed E-state index contributed by atoms with van der Waals surface area (Å²) in [6.45, 7) is 5.93. The smallest absolute Gasteiger partial charge is 0.309 e. The summed E-state index contributed by atoms with van der Waals surface area (Å²) in [5, 5.41) is 8.73. The largest absolute Gasteiger partial charge is 0.466 e. The van der Waals surface area contributed by atoms with Crippen molar-refractivity contribution in [3.63, 3.8) is 0 Å². The molecular formula is C15H21N3O2. The number of pyridine rings is 1. The third kappa shape index (κ3) is 5.81. The molecule has 0 aliphatic heterocycles. The highest BCUT2D eigenvalue weighted by atomic mass is 16.5. The molecule has 0 fully saturated rings. The molecule has 0 amide bonds. The van der Waals surface area contributed by atoms with E-state index in [1.54, 1.807) is 19.3 Å². The summed E-state index contributed by atoms with van der Waals surface area (Å²) < 4.78 is 5.02. The Morgan fingerprint density at radius 1 is 1.60 bits per heavy atom. The minimum atomic E-state index is -0.203. The molecule has 5 heteroatoms. The number of esters is 1. The Hall–Kier alpha value is -1.93. The molecule has 1 aromatic heterocycles. The fourth-order valence-corrected chi connectivity index (χ4v) is 1.94. The molecule has 0 radical (unpaired) electrons. The summed E-state index contributed by atoms with van der Waals surface area (Å²) in [6.07, 6.45) is 3.97. The minimum Gasteiger partial charge on any atom is -0.466 e. The van der Waals surface area contributed by atoms with Crippen molar-refractivity contribution in [2.24, 2.45) is 5.92 Å². The summed E-state index contributed by atoms with van der Waals surface area (Å²) in [5.74, 6) is -0.397. The van der Waals surface area contributed by atoms with Crippen molar-refractivity contribution in [2.75, 3.05) is 19.7 Å². The van der Waals surface area contributed by atoms with Crippen molar-refractivity contribution in [3.05, 3.63) is 30.1 Å². The van der Waals surface area contributed by atoms with Crippen molar-refractivity contribution in [2.45, 2.75) is 26.8 Å². The van der Waals surface area contributed by atoms with Gasteiger partial charge in [-0.2, -0.15) is 5.26 Å². The Kier molecular flexibility index (Phi) is 7.30. The molecule has 0 aromatic carbocycles. The number of carbonyl (C=O) groups excluding carboxylic acids is 1. The van der Waals surface area contributed by atoms with Gasteiger partial charge >= 0.3 is 5.97 Å². The van der Waals surface area contributed by atoms with E-state index in [9.17, 15) is 4.79 Å². The minimum absolute atomic E-state index is 0.194. The van der Waals surface area contributed by atoms with Crippen LogP contribution in [0.4, 0.5) is 0 Å². The molecule has 1 heterocycles. The monoisotopic (exact) mass is 275 g/mol. The third-order valence-corrected chi connectivity index (χ3v) is 2.89. The molecule has 1 unspecified atom stereocenters. The first-order valence-electron chi connectivity index (χ1n) is 6.82. The van der Waals surface area contributed by atoms with Crippen LogP contribution in [-0.4, -0.2) is 35.5 Å². The number of rotatable bonds is 8. The van der Waals surface area contributed by atoms with E-state index in [4.69, 9.17) is 10.00 Å². The van der Waals surface area contributed by atoms with Gasteiger partial charge in [-0.05, 0) is 18.6 Å². The zero-order chi connectivity index (χ0) is 14.8. The van der Waals surface area contributed by atoms with Gasteiger partial charge in [0, 0.05) is 38.4 Å². The summed E-state index contributed by atoms with van der Waals surface area (Å²) in [6, 6.07) is 6.01. The SMILES string of the molecule is CCOC(=O)C(C)CN(CCC#N)Cc1cccnc1. The van der Waals surface area contributed by atoms with Crippen molar-refractivity contribution in [1.29, 1.82) is 5.26 Å². The van der Waals surface area contributed by atoms with Gasteiger partial charge in [0.05, 0.1) is 18.6 Å². The maximum Gasteiger partial charge on any atom is 0.309 e. The molecule has 0 N–H and O–H groups in total. The van der Waals surface area contributed by atoms with E-state index in [1.165, 1.54) is 0 Å². The molecule has 0 saturated carbocycles. The predicted molar refractivity (Wildman–Crippen MR) is 75.5 cm³/mol. The van der Waals surface area contributed by atoms with Crippen molar-refractivity contribution >= 4 is 5.97 Å². The van der Waals surface area contributed by atoms with Crippen LogP contribution in [-0.2, 0) is 16.1 Å². The highest BCUT2D eigenvalue weighted by Crippen LogP contribution is 2.08. The van der Waals surface area contributed by atoms with Crippen molar-refractivity contribution in [3.8, 4) is 6.07 Å². The lowest BCUT2D eigenvalue weighted by molar-refractivity contribution is -0.148. The first-order chi connectivity index (χ1) is 9.67. The molecule has 108 valence electrons. The maximum atomic E-state index is 11.7. The zero-order valence-electron chi connectivity index (χ0n) is 12.1. The summed E-state index contributed by atoms with van der Waals surface area (Å²) >= 11 is 0. The van der Waals surface area contributed by atoms with Crippen LogP contribution < -0.4 is 0 Å². The Morgan fingerprint density at radius 2 is 2.40 bits per heavy atom. The van der Waals surface area contributed by atoms with Crippen LogP contribution in [0, 0.1) is 17.2 Å². The van der Waals surface area contributed by atoms with Gasteiger partial charge < -0.3 is 4.74 Å². The van der Waals surface area contributed by atoms with Gasteiger partial charge in [0.25, 0.3) is 0 Å². The van der Waals surface area contributed by atoms with Gasteiger partial charge in [-0.15, -0.1) is 0 Å². The molecule has 0 aliphatic rings. The van der Waals surface area contributed by atoms with Gasteiger partial charge in [-0.3, -0.25) is 14.7 Å². The molecule has 1 atom stereocenters. The fraction of sp³-hybridized carbons (Fsp3) is 0.533. The van der Waals surface area contributed by atoms with Gasteiger partial charge in [0.15, 0.2) is 0 Å². The van der Waals surface area contributed by atoms with Crippen LogP contribution in [0.25, 0.3) is 0 Å². The number of carbonyl (C=O) groups is 1. The average Bonchev–Trinajstić information content (AvgIpc) is 2.46. The molecule has 0 aliphatic carbocycles. The van der Waals surface area contributed by atoms with Crippen molar-refractivity contribution in [1.82, 2.24) is 9.88 Å². The van der Waals surface area contributed by atoms with E-state index in [1.807, 2.05) is 19.1 Å².